The summed E-state index contributed by atoms with van der Waals surface area (Å²) in [5, 5.41) is 10.4. The van der Waals surface area contributed by atoms with Crippen LogP contribution in [0.4, 0.5) is 5.69 Å². The number of hydrogen-bond acceptors (Lipinski definition) is 4. The van der Waals surface area contributed by atoms with E-state index in [4.69, 9.17) is 5.73 Å². The van der Waals surface area contributed by atoms with Gasteiger partial charge in [0, 0.05) is 17.0 Å². The number of nitrogens with zero attached hydrogens (tertiary/aromatic N) is 2. The van der Waals surface area contributed by atoms with Crippen LogP contribution in [0.25, 0.3) is 6.08 Å². The molecule has 0 aromatic heterocycles. The van der Waals surface area contributed by atoms with Crippen molar-refractivity contribution in [2.45, 2.75) is 38.8 Å². The molecule has 4 atom stereocenters. The lowest BCUT2D eigenvalue weighted by Crippen LogP contribution is -2.49. The molecule has 2 aromatic carbocycles. The van der Waals surface area contributed by atoms with Gasteiger partial charge in [-0.15, -0.1) is 0 Å². The minimum atomic E-state index is -1.57. The van der Waals surface area contributed by atoms with Crippen LogP contribution in [0, 0.1) is 22.2 Å². The third-order valence-electron chi connectivity index (χ3n) is 6.30. The van der Waals surface area contributed by atoms with Gasteiger partial charge in [0.25, 0.3) is 0 Å². The number of hydrogen-bond donors (Lipinski definition) is 1. The zero-order valence-electron chi connectivity index (χ0n) is 17.4. The second-order valence-electron chi connectivity index (χ2n) is 9.06. The van der Waals surface area contributed by atoms with E-state index >= 15 is 0 Å². The van der Waals surface area contributed by atoms with Crippen LogP contribution in [0.15, 0.2) is 60.7 Å². The highest BCUT2D eigenvalue weighted by molar-refractivity contribution is 6.00. The Morgan fingerprint density at radius 3 is 2.30 bits per heavy atom. The lowest BCUT2D eigenvalue weighted by molar-refractivity contribution is -0.128. The molecular weight excluding hydrogens is 374 g/mol. The van der Waals surface area contributed by atoms with Gasteiger partial charge >= 0.3 is 0 Å². The van der Waals surface area contributed by atoms with Gasteiger partial charge in [-0.25, -0.2) is 0 Å². The van der Waals surface area contributed by atoms with Gasteiger partial charge < -0.3 is 10.6 Å². The fourth-order valence-electron chi connectivity index (χ4n) is 4.91. The summed E-state index contributed by atoms with van der Waals surface area (Å²) >= 11 is 0. The summed E-state index contributed by atoms with van der Waals surface area (Å²) < 4.78 is 0. The molecule has 1 fully saturated rings. The van der Waals surface area contributed by atoms with Gasteiger partial charge in [-0.1, -0.05) is 81.5 Å². The van der Waals surface area contributed by atoms with E-state index in [1.165, 1.54) is 0 Å². The summed E-state index contributed by atoms with van der Waals surface area (Å²) in [6.45, 7) is 5.61. The fourth-order valence-corrected chi connectivity index (χ4v) is 4.91. The molecule has 1 saturated heterocycles. The van der Waals surface area contributed by atoms with Crippen LogP contribution >= 0.6 is 0 Å². The first kappa shape index (κ1) is 19.9. The second-order valence-corrected chi connectivity index (χ2v) is 9.06. The Morgan fingerprint density at radius 2 is 1.70 bits per heavy atom. The Kier molecular flexibility index (Phi) is 4.54. The molecule has 1 amide bonds. The Balaban J connectivity index is 2.06. The average Bonchev–Trinajstić information content (AvgIpc) is 3.04. The molecule has 2 N–H and O–H groups in total. The number of amides is 1. The molecule has 2 aliphatic heterocycles. The predicted octanol–water partition coefficient (Wildman–Crippen LogP) is 3.66. The number of carbonyl (C=O) groups excluding carboxylic acids is 2. The van der Waals surface area contributed by atoms with E-state index < -0.39 is 34.7 Å². The molecule has 0 saturated carbocycles. The van der Waals surface area contributed by atoms with Crippen molar-refractivity contribution < 1.29 is 9.59 Å². The monoisotopic (exact) mass is 399 g/mol. The molecule has 4 rings (SSSR count). The topological polar surface area (TPSA) is 87.2 Å². The van der Waals surface area contributed by atoms with Crippen molar-refractivity contribution >= 4 is 23.5 Å². The maximum absolute atomic E-state index is 13.8. The van der Waals surface area contributed by atoms with Gasteiger partial charge in [0.2, 0.25) is 5.91 Å². The summed E-state index contributed by atoms with van der Waals surface area (Å²) in [5.74, 6) is -1.42. The van der Waals surface area contributed by atoms with Crippen molar-refractivity contribution in [3.8, 4) is 6.07 Å². The van der Waals surface area contributed by atoms with Gasteiger partial charge in [0.1, 0.15) is 0 Å². The summed E-state index contributed by atoms with van der Waals surface area (Å²) in [4.78, 5) is 28.7. The second kappa shape index (κ2) is 6.84. The van der Waals surface area contributed by atoms with Crippen LogP contribution in [0.3, 0.4) is 0 Å². The number of Topliss-reactive ketones (excluding diaryl/α,β-unsaturated/α-hetero) is 1. The number of fused-ring (bicyclic) bond motifs is 3. The predicted molar refractivity (Wildman–Crippen MR) is 116 cm³/mol. The Hall–Kier alpha value is -3.39. The van der Waals surface area contributed by atoms with E-state index in [0.717, 1.165) is 16.8 Å². The number of nitrogens with two attached hydrogens (primary N) is 1. The Labute approximate surface area is 176 Å². The van der Waals surface area contributed by atoms with E-state index in [0.29, 0.717) is 0 Å². The molecular formula is C25H25N3O2. The maximum atomic E-state index is 13.8. The van der Waals surface area contributed by atoms with Crippen molar-refractivity contribution in [1.29, 1.82) is 5.26 Å². The Bertz CT molecular complexity index is 1080. The molecule has 152 valence electrons. The van der Waals surface area contributed by atoms with Crippen LogP contribution in [0.2, 0.25) is 0 Å². The quantitative estimate of drug-likeness (QED) is 0.853. The van der Waals surface area contributed by atoms with Crippen LogP contribution in [0.5, 0.6) is 0 Å². The van der Waals surface area contributed by atoms with Crippen LogP contribution in [0.1, 0.15) is 37.8 Å². The number of benzene rings is 2. The standard InChI is InChI=1S/C25H25N3O2/c1-24(2,3)22(29)21-20(17-10-5-4-6-11-17)25(15-26,23(27)30)19-14-13-16-9-7-8-12-18(16)28(19)21/h4-14,19-21H,1-3H3,(H2,27,30)/t19-,20-,21-,25+/m0/s1. The zero-order valence-corrected chi connectivity index (χ0v) is 17.4. The van der Waals surface area contributed by atoms with Gasteiger partial charge in [-0.05, 0) is 17.2 Å². The number of nitriles is 1. The smallest absolute Gasteiger partial charge is 0.241 e. The number of ketones is 1. The number of primary amides is 1. The molecule has 0 spiro atoms. The molecule has 0 unspecified atom stereocenters. The van der Waals surface area contributed by atoms with E-state index in [2.05, 4.69) is 6.07 Å². The summed E-state index contributed by atoms with van der Waals surface area (Å²) in [6, 6.07) is 18.0. The molecule has 5 nitrogen and oxygen atoms in total. The maximum Gasteiger partial charge on any atom is 0.241 e. The van der Waals surface area contributed by atoms with E-state index in [1.54, 1.807) is 0 Å². The van der Waals surface area contributed by atoms with Crippen LogP contribution in [-0.2, 0) is 9.59 Å². The van der Waals surface area contributed by atoms with Crippen LogP contribution in [-0.4, -0.2) is 23.8 Å². The first-order valence-electron chi connectivity index (χ1n) is 10.1. The number of anilines is 1. The van der Waals surface area contributed by atoms with Crippen LogP contribution < -0.4 is 10.6 Å². The van der Waals surface area contributed by atoms with E-state index in [-0.39, 0.29) is 5.78 Å². The van der Waals surface area contributed by atoms with Gasteiger partial charge in [0.05, 0.1) is 18.2 Å². The highest BCUT2D eigenvalue weighted by atomic mass is 16.1. The molecule has 0 radical (unpaired) electrons. The Morgan fingerprint density at radius 1 is 1.07 bits per heavy atom. The molecule has 0 bridgehead atoms. The summed E-state index contributed by atoms with van der Waals surface area (Å²) in [5.41, 5.74) is 6.25. The van der Waals surface area contributed by atoms with Crippen molar-refractivity contribution in [3.05, 3.63) is 71.8 Å². The summed E-state index contributed by atoms with van der Waals surface area (Å²) in [7, 11) is 0. The van der Waals surface area contributed by atoms with Crippen molar-refractivity contribution in [2.75, 3.05) is 4.90 Å². The normalized spacial score (nSPS) is 27.1. The highest BCUT2D eigenvalue weighted by Gasteiger charge is 2.66. The van der Waals surface area contributed by atoms with Crippen molar-refractivity contribution in [3.63, 3.8) is 0 Å². The number of rotatable bonds is 3. The molecule has 5 heteroatoms. The molecule has 2 aliphatic rings. The molecule has 0 aliphatic carbocycles. The van der Waals surface area contributed by atoms with E-state index in [9.17, 15) is 14.9 Å². The average molecular weight is 399 g/mol. The number of carbonyl (C=O) groups is 2. The third-order valence-corrected chi connectivity index (χ3v) is 6.30. The molecule has 30 heavy (non-hydrogen) atoms. The third kappa shape index (κ3) is 2.68. The van der Waals surface area contributed by atoms with Gasteiger partial charge in [-0.3, -0.25) is 9.59 Å². The van der Waals surface area contributed by atoms with E-state index in [1.807, 2.05) is 92.4 Å². The first-order valence-corrected chi connectivity index (χ1v) is 10.1. The largest absolute Gasteiger partial charge is 0.368 e. The highest BCUT2D eigenvalue weighted by Crippen LogP contribution is 2.56. The van der Waals surface area contributed by atoms with Gasteiger partial charge in [0.15, 0.2) is 11.2 Å². The van der Waals surface area contributed by atoms with Crippen molar-refractivity contribution in [1.82, 2.24) is 0 Å². The first-order chi connectivity index (χ1) is 14.2. The fraction of sp³-hybridized carbons (Fsp3) is 0.320. The summed E-state index contributed by atoms with van der Waals surface area (Å²) in [6.07, 6.45) is 3.76. The molecule has 2 aromatic rings. The number of para-hydroxylation sites is 1. The van der Waals surface area contributed by atoms with Gasteiger partial charge in [-0.2, -0.15) is 5.26 Å². The van der Waals surface area contributed by atoms with Crippen molar-refractivity contribution in [2.24, 2.45) is 16.6 Å². The lowest BCUT2D eigenvalue weighted by atomic mass is 9.66. The molecule has 2 heterocycles. The SMILES string of the molecule is CC(C)(C)C(=O)[C@@H]1[C@H](c2ccccc2)[C@](C#N)(C(N)=O)[C@@H]2C=Cc3ccccc3N12. The minimum absolute atomic E-state index is 0.0233. The zero-order chi connectivity index (χ0) is 21.7. The lowest BCUT2D eigenvalue weighted by Gasteiger charge is -2.37. The minimum Gasteiger partial charge on any atom is -0.368 e.